The summed E-state index contributed by atoms with van der Waals surface area (Å²) >= 11 is 0. The van der Waals surface area contributed by atoms with E-state index in [4.69, 9.17) is 5.73 Å². The highest BCUT2D eigenvalue weighted by Crippen LogP contribution is 2.42. The molecule has 2 aliphatic rings. The molecule has 3 aromatic rings. The Kier molecular flexibility index (Phi) is 4.50. The molecule has 0 aliphatic heterocycles. The average Bonchev–Trinajstić information content (AvgIpc) is 3.14. The average molecular weight is 432 g/mol. The molecule has 1 atom stereocenters. The quantitative estimate of drug-likeness (QED) is 0.625. The van der Waals surface area contributed by atoms with Gasteiger partial charge in [0, 0.05) is 12.8 Å². The fourth-order valence-corrected chi connectivity index (χ4v) is 4.05. The Hall–Kier alpha value is -3.02. The summed E-state index contributed by atoms with van der Waals surface area (Å²) in [5, 5.41) is 14.5. The number of nitrogens with zero attached hydrogens (tertiary/aromatic N) is 6. The lowest BCUT2D eigenvalue weighted by Gasteiger charge is -2.33. The molecule has 0 bridgehead atoms. The monoisotopic (exact) mass is 432 g/mol. The van der Waals surface area contributed by atoms with Crippen LogP contribution in [0, 0.1) is 12.8 Å². The lowest BCUT2D eigenvalue weighted by atomic mass is 9.81. The van der Waals surface area contributed by atoms with Crippen LogP contribution in [-0.4, -0.2) is 41.7 Å². The van der Waals surface area contributed by atoms with Crippen molar-refractivity contribution < 1.29 is 18.2 Å². The Morgan fingerprint density at radius 2 is 2.00 bits per heavy atom. The van der Waals surface area contributed by atoms with E-state index in [0.717, 1.165) is 12.8 Å². The van der Waals surface area contributed by atoms with Crippen molar-refractivity contribution in [1.29, 1.82) is 0 Å². The smallest absolute Gasteiger partial charge is 0.276 e. The van der Waals surface area contributed by atoms with Crippen LogP contribution in [0.2, 0.25) is 0 Å². The van der Waals surface area contributed by atoms with E-state index in [0.29, 0.717) is 22.9 Å². The first kappa shape index (κ1) is 19.9. The van der Waals surface area contributed by atoms with E-state index in [1.165, 1.54) is 4.52 Å². The highest BCUT2D eigenvalue weighted by Gasteiger charge is 2.43. The SMILES string of the molecule is Cc1nonc1C(=O)N[C@H](c1cn2ncc(C3(N)CC3)nc2n1)C1CCC(F)(F)CC1. The van der Waals surface area contributed by atoms with Crippen molar-refractivity contribution in [3.63, 3.8) is 0 Å². The van der Waals surface area contributed by atoms with Gasteiger partial charge in [-0.1, -0.05) is 5.16 Å². The number of hydrogen-bond acceptors (Lipinski definition) is 8. The van der Waals surface area contributed by atoms with E-state index in [9.17, 15) is 13.6 Å². The number of nitrogens with two attached hydrogens (primary N) is 1. The molecule has 12 heteroatoms. The van der Waals surface area contributed by atoms with Crippen LogP contribution in [0.5, 0.6) is 0 Å². The van der Waals surface area contributed by atoms with Gasteiger partial charge in [0.15, 0.2) is 5.69 Å². The molecule has 0 unspecified atom stereocenters. The molecule has 3 N–H and O–H groups in total. The van der Waals surface area contributed by atoms with Crippen molar-refractivity contribution in [2.24, 2.45) is 11.7 Å². The first-order chi connectivity index (χ1) is 14.7. The molecule has 164 valence electrons. The normalized spacial score (nSPS) is 21.2. The van der Waals surface area contributed by atoms with Gasteiger partial charge in [0.25, 0.3) is 11.7 Å². The Morgan fingerprint density at radius 1 is 1.26 bits per heavy atom. The molecular weight excluding hydrogens is 410 g/mol. The lowest BCUT2D eigenvalue weighted by molar-refractivity contribution is -0.0495. The van der Waals surface area contributed by atoms with Crippen molar-refractivity contribution in [2.75, 3.05) is 0 Å². The molecule has 0 radical (unpaired) electrons. The standard InChI is InChI=1S/C19H22F2N8O2/c1-10-14(28-31-27-10)16(30)26-15(11-2-4-19(20,21)5-3-11)12-9-29-17(24-12)25-13(8-23-29)18(22)6-7-18/h8-9,11,15H,2-7,22H2,1H3,(H,26,30)/t15-/m0/s1. The third-order valence-electron chi connectivity index (χ3n) is 6.22. The molecule has 31 heavy (non-hydrogen) atoms. The largest absolute Gasteiger partial charge is 0.342 e. The zero-order valence-corrected chi connectivity index (χ0v) is 16.9. The van der Waals surface area contributed by atoms with E-state index >= 15 is 0 Å². The summed E-state index contributed by atoms with van der Waals surface area (Å²) in [6.07, 6.45) is 4.98. The predicted octanol–water partition coefficient (Wildman–Crippen LogP) is 2.06. The molecule has 2 aliphatic carbocycles. The molecule has 3 heterocycles. The molecule has 0 spiro atoms. The number of imidazole rings is 1. The maximum atomic E-state index is 13.7. The summed E-state index contributed by atoms with van der Waals surface area (Å²) in [6.45, 7) is 1.60. The zero-order valence-electron chi connectivity index (χ0n) is 16.9. The van der Waals surface area contributed by atoms with Gasteiger partial charge in [-0.2, -0.15) is 5.10 Å². The van der Waals surface area contributed by atoms with Crippen LogP contribution < -0.4 is 11.1 Å². The van der Waals surface area contributed by atoms with Gasteiger partial charge in [-0.3, -0.25) is 4.79 Å². The van der Waals surface area contributed by atoms with Crippen LogP contribution in [0.1, 0.15) is 72.1 Å². The van der Waals surface area contributed by atoms with Gasteiger partial charge < -0.3 is 11.1 Å². The number of alkyl halides is 2. The number of aromatic nitrogens is 6. The summed E-state index contributed by atoms with van der Waals surface area (Å²) in [5.41, 5.74) is 7.31. The van der Waals surface area contributed by atoms with E-state index in [1.54, 1.807) is 19.3 Å². The first-order valence-corrected chi connectivity index (χ1v) is 10.2. The van der Waals surface area contributed by atoms with Crippen LogP contribution >= 0.6 is 0 Å². The fourth-order valence-electron chi connectivity index (χ4n) is 4.05. The summed E-state index contributed by atoms with van der Waals surface area (Å²) < 4.78 is 33.6. The van der Waals surface area contributed by atoms with Gasteiger partial charge in [0.2, 0.25) is 5.92 Å². The van der Waals surface area contributed by atoms with Crippen molar-refractivity contribution in [3.05, 3.63) is 35.2 Å². The highest BCUT2D eigenvalue weighted by atomic mass is 19.3. The van der Waals surface area contributed by atoms with Crippen molar-refractivity contribution >= 4 is 11.7 Å². The summed E-state index contributed by atoms with van der Waals surface area (Å²) in [6, 6.07) is -0.612. The second-order valence-electron chi connectivity index (χ2n) is 8.55. The van der Waals surface area contributed by atoms with Gasteiger partial charge in [0.1, 0.15) is 5.69 Å². The second-order valence-corrected chi connectivity index (χ2v) is 8.55. The number of carbonyl (C=O) groups excluding carboxylic acids is 1. The number of nitrogens with one attached hydrogen (secondary N) is 1. The third kappa shape index (κ3) is 3.75. The van der Waals surface area contributed by atoms with E-state index in [-0.39, 0.29) is 37.3 Å². The van der Waals surface area contributed by atoms with Gasteiger partial charge in [-0.15, -0.1) is 0 Å². The third-order valence-corrected chi connectivity index (χ3v) is 6.22. The zero-order chi connectivity index (χ0) is 21.8. The number of carbonyl (C=O) groups is 1. The molecule has 2 fully saturated rings. The van der Waals surface area contributed by atoms with Crippen LogP contribution in [0.15, 0.2) is 17.0 Å². The van der Waals surface area contributed by atoms with E-state index in [1.807, 2.05) is 0 Å². The van der Waals surface area contributed by atoms with Crippen LogP contribution in [0.3, 0.4) is 0 Å². The first-order valence-electron chi connectivity index (χ1n) is 10.2. The maximum Gasteiger partial charge on any atom is 0.276 e. The van der Waals surface area contributed by atoms with Crippen molar-refractivity contribution in [3.8, 4) is 0 Å². The van der Waals surface area contributed by atoms with Crippen LogP contribution in [-0.2, 0) is 5.54 Å². The highest BCUT2D eigenvalue weighted by molar-refractivity contribution is 5.93. The Balaban J connectivity index is 1.47. The summed E-state index contributed by atoms with van der Waals surface area (Å²) in [5.74, 6) is -3.06. The number of fused-ring (bicyclic) bond motifs is 1. The van der Waals surface area contributed by atoms with E-state index < -0.39 is 23.4 Å². The summed E-state index contributed by atoms with van der Waals surface area (Å²) in [7, 11) is 0. The second kappa shape index (κ2) is 7.01. The molecule has 3 aromatic heterocycles. The fraction of sp³-hybridized carbons (Fsp3) is 0.579. The molecule has 0 aromatic carbocycles. The van der Waals surface area contributed by atoms with Gasteiger partial charge >= 0.3 is 0 Å². The number of halogens is 2. The van der Waals surface area contributed by atoms with Gasteiger partial charge in [-0.25, -0.2) is 27.9 Å². The molecule has 2 saturated carbocycles. The maximum absolute atomic E-state index is 13.7. The Morgan fingerprint density at radius 3 is 2.65 bits per heavy atom. The number of amides is 1. The minimum atomic E-state index is -2.69. The van der Waals surface area contributed by atoms with Crippen molar-refractivity contribution in [1.82, 2.24) is 35.2 Å². The number of hydrogen-bond donors (Lipinski definition) is 2. The Labute approximate surface area is 175 Å². The number of aryl methyl sites for hydroxylation is 1. The molecular formula is C19H22F2N8O2. The predicted molar refractivity (Wildman–Crippen MR) is 102 cm³/mol. The van der Waals surface area contributed by atoms with Gasteiger partial charge in [0.05, 0.1) is 35.4 Å². The van der Waals surface area contributed by atoms with E-state index in [2.05, 4.69) is 35.3 Å². The topological polar surface area (TPSA) is 137 Å². The minimum Gasteiger partial charge on any atom is -0.342 e. The van der Waals surface area contributed by atoms with Crippen molar-refractivity contribution in [2.45, 2.75) is 63.0 Å². The molecule has 5 rings (SSSR count). The van der Waals surface area contributed by atoms with Crippen LogP contribution in [0.25, 0.3) is 5.78 Å². The minimum absolute atomic E-state index is 0.0484. The Bertz CT molecular complexity index is 1130. The lowest BCUT2D eigenvalue weighted by Crippen LogP contribution is -2.37. The van der Waals surface area contributed by atoms with Crippen LogP contribution in [0.4, 0.5) is 8.78 Å². The molecule has 1 amide bonds. The molecule has 0 saturated heterocycles. The number of rotatable bonds is 5. The van der Waals surface area contributed by atoms with Gasteiger partial charge in [-0.05, 0) is 43.7 Å². The summed E-state index contributed by atoms with van der Waals surface area (Å²) in [4.78, 5) is 21.9. The molecule has 10 nitrogen and oxygen atoms in total.